The van der Waals surface area contributed by atoms with Gasteiger partial charge < -0.3 is 19.0 Å². The maximum atomic E-state index is 12.4. The van der Waals surface area contributed by atoms with Crippen LogP contribution in [0.5, 0.6) is 17.2 Å². The highest BCUT2D eigenvalue weighted by atomic mass is 16.5. The highest BCUT2D eigenvalue weighted by molar-refractivity contribution is 5.48. The largest absolute Gasteiger partial charge is 0.502 e. The molecular formula is C24H32N2O5. The van der Waals surface area contributed by atoms with Gasteiger partial charge in [0.15, 0.2) is 17.3 Å². The summed E-state index contributed by atoms with van der Waals surface area (Å²) in [5.41, 5.74) is 2.02. The van der Waals surface area contributed by atoms with Crippen molar-refractivity contribution in [2.45, 2.75) is 51.7 Å². The molecule has 0 radical (unpaired) electrons. The Kier molecular flexibility index (Phi) is 6.83. The second-order valence-electron chi connectivity index (χ2n) is 8.48. The summed E-state index contributed by atoms with van der Waals surface area (Å²) in [6.45, 7) is 4.55. The third-order valence-corrected chi connectivity index (χ3v) is 6.29. The molecule has 31 heavy (non-hydrogen) atoms. The summed E-state index contributed by atoms with van der Waals surface area (Å²) in [5, 5.41) is 10.4. The topological polar surface area (TPSA) is 75.4 Å². The van der Waals surface area contributed by atoms with Crippen LogP contribution in [0.15, 0.2) is 27.4 Å². The van der Waals surface area contributed by atoms with E-state index >= 15 is 0 Å². The molecule has 0 saturated carbocycles. The third-order valence-electron chi connectivity index (χ3n) is 6.29. The molecule has 1 N–H and O–H groups in total. The SMILES string of the molecule is COc1cc2c(cc1OC)CN(Cc1oc(CN3CCCCCC3)cc(=O)c1O)CC2. The zero-order chi connectivity index (χ0) is 21.8. The van der Waals surface area contributed by atoms with Gasteiger partial charge in [0.25, 0.3) is 0 Å². The molecule has 7 heteroatoms. The third kappa shape index (κ3) is 5.05. The quantitative estimate of drug-likeness (QED) is 0.757. The van der Waals surface area contributed by atoms with Gasteiger partial charge in [-0.3, -0.25) is 14.6 Å². The Balaban J connectivity index is 1.50. The number of likely N-dealkylation sites (tertiary alicyclic amines) is 1. The summed E-state index contributed by atoms with van der Waals surface area (Å²) >= 11 is 0. The molecule has 0 amide bonds. The van der Waals surface area contributed by atoms with Crippen molar-refractivity contribution in [2.24, 2.45) is 0 Å². The van der Waals surface area contributed by atoms with Crippen LogP contribution in [0.3, 0.4) is 0 Å². The van der Waals surface area contributed by atoms with Crippen molar-refractivity contribution in [3.8, 4) is 17.2 Å². The Morgan fingerprint density at radius 2 is 1.58 bits per heavy atom. The van der Waals surface area contributed by atoms with Crippen LogP contribution < -0.4 is 14.9 Å². The van der Waals surface area contributed by atoms with Crippen molar-refractivity contribution in [1.82, 2.24) is 9.80 Å². The van der Waals surface area contributed by atoms with E-state index in [0.29, 0.717) is 36.9 Å². The molecule has 1 saturated heterocycles. The van der Waals surface area contributed by atoms with Gasteiger partial charge in [-0.25, -0.2) is 0 Å². The van der Waals surface area contributed by atoms with Crippen molar-refractivity contribution in [1.29, 1.82) is 0 Å². The second kappa shape index (κ2) is 9.75. The molecule has 2 aliphatic rings. The molecule has 4 rings (SSSR count). The van der Waals surface area contributed by atoms with Gasteiger partial charge in [0.05, 0.1) is 27.3 Å². The minimum absolute atomic E-state index is 0.280. The number of fused-ring (bicyclic) bond motifs is 1. The van der Waals surface area contributed by atoms with Crippen molar-refractivity contribution in [3.05, 3.63) is 51.1 Å². The van der Waals surface area contributed by atoms with Gasteiger partial charge in [-0.2, -0.15) is 0 Å². The van der Waals surface area contributed by atoms with Crippen LogP contribution in [-0.4, -0.2) is 48.8 Å². The lowest BCUT2D eigenvalue weighted by atomic mass is 9.98. The number of aromatic hydroxyl groups is 1. The lowest BCUT2D eigenvalue weighted by Gasteiger charge is -2.29. The Morgan fingerprint density at radius 1 is 0.903 bits per heavy atom. The minimum Gasteiger partial charge on any atom is -0.502 e. The van der Waals surface area contributed by atoms with Gasteiger partial charge in [0.1, 0.15) is 5.76 Å². The van der Waals surface area contributed by atoms with Gasteiger partial charge in [-0.15, -0.1) is 0 Å². The van der Waals surface area contributed by atoms with Crippen LogP contribution in [0.25, 0.3) is 0 Å². The van der Waals surface area contributed by atoms with E-state index in [4.69, 9.17) is 13.9 Å². The van der Waals surface area contributed by atoms with Crippen LogP contribution in [0.4, 0.5) is 0 Å². The van der Waals surface area contributed by atoms with Crippen molar-refractivity contribution >= 4 is 0 Å². The van der Waals surface area contributed by atoms with Crippen LogP contribution in [0.1, 0.15) is 48.3 Å². The molecule has 2 aromatic rings. The average Bonchev–Trinajstić information content (AvgIpc) is 3.04. The van der Waals surface area contributed by atoms with Gasteiger partial charge >= 0.3 is 0 Å². The summed E-state index contributed by atoms with van der Waals surface area (Å²) in [4.78, 5) is 16.9. The molecule has 168 valence electrons. The molecule has 7 nitrogen and oxygen atoms in total. The van der Waals surface area contributed by atoms with Crippen molar-refractivity contribution in [3.63, 3.8) is 0 Å². The van der Waals surface area contributed by atoms with Gasteiger partial charge in [0, 0.05) is 19.2 Å². The molecule has 0 aliphatic carbocycles. The number of ether oxygens (including phenoxy) is 2. The van der Waals surface area contributed by atoms with E-state index in [1.807, 2.05) is 12.1 Å². The van der Waals surface area contributed by atoms with Crippen LogP contribution in [-0.2, 0) is 26.1 Å². The number of methoxy groups -OCH3 is 2. The van der Waals surface area contributed by atoms with Crippen LogP contribution in [0.2, 0.25) is 0 Å². The normalized spacial score (nSPS) is 17.7. The summed E-state index contributed by atoms with van der Waals surface area (Å²) in [6.07, 6.45) is 5.73. The number of rotatable bonds is 6. The number of hydrogen-bond acceptors (Lipinski definition) is 7. The Hall–Kier alpha value is -2.51. The Labute approximate surface area is 183 Å². The predicted molar refractivity (Wildman–Crippen MR) is 118 cm³/mol. The van der Waals surface area contributed by atoms with E-state index in [-0.39, 0.29) is 11.2 Å². The van der Waals surface area contributed by atoms with Crippen LogP contribution >= 0.6 is 0 Å². The fourth-order valence-corrected chi connectivity index (χ4v) is 4.57. The second-order valence-corrected chi connectivity index (χ2v) is 8.48. The van der Waals surface area contributed by atoms with Crippen LogP contribution in [0, 0.1) is 0 Å². The molecule has 0 bridgehead atoms. The van der Waals surface area contributed by atoms with Gasteiger partial charge in [0.2, 0.25) is 11.2 Å². The zero-order valence-corrected chi connectivity index (χ0v) is 18.5. The maximum Gasteiger partial charge on any atom is 0.227 e. The summed E-state index contributed by atoms with van der Waals surface area (Å²) < 4.78 is 16.9. The minimum atomic E-state index is -0.366. The molecule has 3 heterocycles. The molecule has 0 unspecified atom stereocenters. The predicted octanol–water partition coefficient (Wildman–Crippen LogP) is 3.30. The van der Waals surface area contributed by atoms with E-state index in [1.165, 1.54) is 37.3 Å². The van der Waals surface area contributed by atoms with E-state index < -0.39 is 0 Å². The van der Waals surface area contributed by atoms with Gasteiger partial charge in [-0.05, 0) is 55.6 Å². The average molecular weight is 429 g/mol. The number of hydrogen-bond donors (Lipinski definition) is 1. The first-order valence-corrected chi connectivity index (χ1v) is 11.1. The summed E-state index contributed by atoms with van der Waals surface area (Å²) in [5.74, 6) is 2.14. The Bertz CT molecular complexity index is 963. The summed E-state index contributed by atoms with van der Waals surface area (Å²) in [7, 11) is 3.27. The van der Waals surface area contributed by atoms with Crippen molar-refractivity contribution < 1.29 is 19.0 Å². The highest BCUT2D eigenvalue weighted by Crippen LogP contribution is 2.34. The highest BCUT2D eigenvalue weighted by Gasteiger charge is 2.23. The number of nitrogens with zero attached hydrogens (tertiary/aromatic N) is 2. The lowest BCUT2D eigenvalue weighted by Crippen LogP contribution is -2.30. The fourth-order valence-electron chi connectivity index (χ4n) is 4.57. The first kappa shape index (κ1) is 21.7. The molecule has 1 aromatic carbocycles. The standard InChI is InChI=1S/C24H32N2O5/c1-29-21-11-17-7-10-26(14-18(17)12-22(21)30-2)16-23-24(28)20(27)13-19(31-23)15-25-8-5-3-4-6-9-25/h11-13,28H,3-10,14-16H2,1-2H3. The molecule has 2 aliphatic heterocycles. The first-order valence-electron chi connectivity index (χ1n) is 11.1. The van der Waals surface area contributed by atoms with E-state index in [0.717, 1.165) is 37.4 Å². The summed E-state index contributed by atoms with van der Waals surface area (Å²) in [6, 6.07) is 5.48. The van der Waals surface area contributed by atoms with E-state index in [2.05, 4.69) is 9.80 Å². The monoisotopic (exact) mass is 428 g/mol. The molecule has 1 fully saturated rings. The van der Waals surface area contributed by atoms with Crippen molar-refractivity contribution in [2.75, 3.05) is 33.9 Å². The molecule has 0 spiro atoms. The van der Waals surface area contributed by atoms with Gasteiger partial charge in [-0.1, -0.05) is 12.8 Å². The first-order chi connectivity index (χ1) is 15.1. The Morgan fingerprint density at radius 3 is 2.26 bits per heavy atom. The maximum absolute atomic E-state index is 12.4. The van der Waals surface area contributed by atoms with E-state index in [9.17, 15) is 9.90 Å². The lowest BCUT2D eigenvalue weighted by molar-refractivity contribution is 0.201. The molecular weight excluding hydrogens is 396 g/mol. The zero-order valence-electron chi connectivity index (χ0n) is 18.5. The fraction of sp³-hybridized carbons (Fsp3) is 0.542. The van der Waals surface area contributed by atoms with E-state index in [1.54, 1.807) is 14.2 Å². The number of benzene rings is 1. The molecule has 1 aromatic heterocycles. The molecule has 0 atom stereocenters. The smallest absolute Gasteiger partial charge is 0.227 e.